The van der Waals surface area contributed by atoms with E-state index in [0.29, 0.717) is 28.3 Å². The topological polar surface area (TPSA) is 59.3 Å². The lowest BCUT2D eigenvalue weighted by Crippen LogP contribution is -2.27. The molecular weight excluding hydrogens is 282 g/mol. The highest BCUT2D eigenvalue weighted by atomic mass is 79.9. The fraction of sp³-hybridized carbons (Fsp3) is 0.444. The number of carbonyl (C=O) groups is 1. The molecule has 1 amide bonds. The lowest BCUT2D eigenvalue weighted by Gasteiger charge is -2.02. The molecule has 0 saturated carbocycles. The van der Waals surface area contributed by atoms with E-state index in [1.807, 2.05) is 6.92 Å². The van der Waals surface area contributed by atoms with E-state index >= 15 is 0 Å². The Hall–Kier alpha value is -0.620. The van der Waals surface area contributed by atoms with E-state index in [0.717, 1.165) is 0 Å². The molecule has 0 fully saturated rings. The lowest BCUT2D eigenvalue weighted by molar-refractivity contribution is 0.0954. The first kappa shape index (κ1) is 12.4. The van der Waals surface area contributed by atoms with E-state index in [9.17, 15) is 9.00 Å². The summed E-state index contributed by atoms with van der Waals surface area (Å²) in [4.78, 5) is 11.5. The second-order valence-corrected chi connectivity index (χ2v) is 5.38. The maximum absolute atomic E-state index is 11.5. The van der Waals surface area contributed by atoms with Crippen LogP contribution in [-0.4, -0.2) is 28.2 Å². The molecule has 0 spiro atoms. The zero-order chi connectivity index (χ0) is 11.3. The molecule has 0 aliphatic heterocycles. The van der Waals surface area contributed by atoms with E-state index < -0.39 is 10.8 Å². The summed E-state index contributed by atoms with van der Waals surface area (Å²) in [5.41, 5.74) is 0.456. The monoisotopic (exact) mass is 293 g/mol. The van der Waals surface area contributed by atoms with Gasteiger partial charge in [-0.25, -0.2) is 0 Å². The third-order valence-electron chi connectivity index (χ3n) is 1.80. The Morgan fingerprint density at radius 1 is 1.67 bits per heavy atom. The van der Waals surface area contributed by atoms with Crippen LogP contribution in [0, 0.1) is 0 Å². The Morgan fingerprint density at radius 3 is 2.93 bits per heavy atom. The lowest BCUT2D eigenvalue weighted by atomic mass is 10.3. The number of rotatable bonds is 5. The Bertz CT molecular complexity index is 364. The van der Waals surface area contributed by atoms with Gasteiger partial charge in [-0.2, -0.15) is 0 Å². The fourth-order valence-electron chi connectivity index (χ4n) is 0.974. The van der Waals surface area contributed by atoms with Gasteiger partial charge in [-0.05, 0) is 22.0 Å². The van der Waals surface area contributed by atoms with Crippen LogP contribution in [0.25, 0.3) is 0 Å². The van der Waals surface area contributed by atoms with Crippen molar-refractivity contribution in [1.82, 2.24) is 5.32 Å². The average molecular weight is 294 g/mol. The van der Waals surface area contributed by atoms with Gasteiger partial charge in [0.15, 0.2) is 4.67 Å². The first-order valence-corrected chi connectivity index (χ1v) is 6.79. The van der Waals surface area contributed by atoms with Crippen molar-refractivity contribution in [3.8, 4) is 0 Å². The van der Waals surface area contributed by atoms with Gasteiger partial charge in [0.05, 0.1) is 11.8 Å². The Balaban J connectivity index is 2.38. The summed E-state index contributed by atoms with van der Waals surface area (Å²) in [7, 11) is -0.845. The normalized spacial score (nSPS) is 12.4. The third kappa shape index (κ3) is 3.79. The molecule has 1 heterocycles. The van der Waals surface area contributed by atoms with Gasteiger partial charge in [-0.15, -0.1) is 0 Å². The van der Waals surface area contributed by atoms with E-state index in [-0.39, 0.29) is 5.91 Å². The maximum Gasteiger partial charge on any atom is 0.255 e. The van der Waals surface area contributed by atoms with Crippen LogP contribution in [0.2, 0.25) is 0 Å². The van der Waals surface area contributed by atoms with Crippen molar-refractivity contribution >= 4 is 32.6 Å². The van der Waals surface area contributed by atoms with Gasteiger partial charge < -0.3 is 9.73 Å². The van der Waals surface area contributed by atoms with E-state index in [1.165, 1.54) is 6.26 Å². The second-order valence-electron chi connectivity index (χ2n) is 2.80. The number of furan rings is 1. The highest BCUT2D eigenvalue weighted by Gasteiger charge is 2.11. The first-order valence-electron chi connectivity index (χ1n) is 4.51. The van der Waals surface area contributed by atoms with Crippen molar-refractivity contribution in [2.24, 2.45) is 0 Å². The minimum absolute atomic E-state index is 0.219. The summed E-state index contributed by atoms with van der Waals surface area (Å²) >= 11 is 3.11. The van der Waals surface area contributed by atoms with Gasteiger partial charge in [0, 0.05) is 28.9 Å². The Kier molecular flexibility index (Phi) is 5.04. The van der Waals surface area contributed by atoms with Gasteiger partial charge in [0.1, 0.15) is 0 Å². The number of carbonyl (C=O) groups excluding carboxylic acids is 1. The standard InChI is InChI=1S/C9H12BrNO3S/c1-2-15(13)6-4-11-9(12)7-3-5-14-8(7)10/h3,5H,2,4,6H2,1H3,(H,11,12). The summed E-state index contributed by atoms with van der Waals surface area (Å²) < 4.78 is 16.4. The molecule has 15 heavy (non-hydrogen) atoms. The van der Waals surface area contributed by atoms with Gasteiger partial charge in [0.2, 0.25) is 0 Å². The molecule has 84 valence electrons. The zero-order valence-electron chi connectivity index (χ0n) is 8.29. The molecule has 0 saturated heterocycles. The van der Waals surface area contributed by atoms with Crippen LogP contribution in [0.4, 0.5) is 0 Å². The summed E-state index contributed by atoms with van der Waals surface area (Å²) in [6.45, 7) is 2.27. The number of amides is 1. The highest BCUT2D eigenvalue weighted by Crippen LogP contribution is 2.16. The van der Waals surface area contributed by atoms with Crippen LogP contribution in [0.1, 0.15) is 17.3 Å². The molecule has 6 heteroatoms. The number of nitrogens with one attached hydrogen (secondary N) is 1. The predicted molar refractivity (Wildman–Crippen MR) is 62.3 cm³/mol. The highest BCUT2D eigenvalue weighted by molar-refractivity contribution is 9.10. The summed E-state index contributed by atoms with van der Waals surface area (Å²) in [6.07, 6.45) is 1.43. The zero-order valence-corrected chi connectivity index (χ0v) is 10.7. The largest absolute Gasteiger partial charge is 0.457 e. The fourth-order valence-corrected chi connectivity index (χ4v) is 2.01. The number of hydrogen-bond acceptors (Lipinski definition) is 3. The first-order chi connectivity index (χ1) is 7.15. The molecule has 1 aromatic heterocycles. The van der Waals surface area contributed by atoms with Crippen molar-refractivity contribution in [1.29, 1.82) is 0 Å². The molecule has 0 bridgehead atoms. The van der Waals surface area contributed by atoms with Gasteiger partial charge in [-0.3, -0.25) is 9.00 Å². The van der Waals surface area contributed by atoms with Crippen LogP contribution in [0.3, 0.4) is 0 Å². The number of hydrogen-bond donors (Lipinski definition) is 1. The Morgan fingerprint density at radius 2 is 2.40 bits per heavy atom. The van der Waals surface area contributed by atoms with E-state index in [1.54, 1.807) is 6.07 Å². The molecule has 0 aromatic carbocycles. The van der Waals surface area contributed by atoms with Crippen molar-refractivity contribution in [3.63, 3.8) is 0 Å². The van der Waals surface area contributed by atoms with Gasteiger partial charge in [-0.1, -0.05) is 6.92 Å². The molecule has 4 nitrogen and oxygen atoms in total. The molecule has 1 unspecified atom stereocenters. The van der Waals surface area contributed by atoms with Crippen LogP contribution in [0.5, 0.6) is 0 Å². The number of halogens is 1. The molecule has 0 aliphatic rings. The molecule has 1 atom stereocenters. The van der Waals surface area contributed by atoms with Crippen LogP contribution >= 0.6 is 15.9 Å². The van der Waals surface area contributed by atoms with Gasteiger partial charge >= 0.3 is 0 Å². The molecule has 1 N–H and O–H groups in total. The van der Waals surface area contributed by atoms with Crippen molar-refractivity contribution < 1.29 is 13.4 Å². The van der Waals surface area contributed by atoms with Crippen LogP contribution in [-0.2, 0) is 10.8 Å². The van der Waals surface area contributed by atoms with E-state index in [2.05, 4.69) is 21.2 Å². The average Bonchev–Trinajstić information content (AvgIpc) is 2.64. The minimum Gasteiger partial charge on any atom is -0.457 e. The van der Waals surface area contributed by atoms with Crippen LogP contribution < -0.4 is 5.32 Å². The van der Waals surface area contributed by atoms with Crippen molar-refractivity contribution in [2.45, 2.75) is 6.92 Å². The molecule has 1 rings (SSSR count). The van der Waals surface area contributed by atoms with Crippen molar-refractivity contribution in [3.05, 3.63) is 22.6 Å². The minimum atomic E-state index is -0.845. The molecule has 1 aromatic rings. The van der Waals surface area contributed by atoms with E-state index in [4.69, 9.17) is 4.42 Å². The quantitative estimate of drug-likeness (QED) is 0.896. The third-order valence-corrected chi connectivity index (χ3v) is 3.72. The molecular formula is C9H12BrNO3S. The van der Waals surface area contributed by atoms with Crippen LogP contribution in [0.15, 0.2) is 21.4 Å². The SMILES string of the molecule is CCS(=O)CCNC(=O)c1ccoc1Br. The Labute approximate surface area is 99.0 Å². The molecule has 0 radical (unpaired) electrons. The summed E-state index contributed by atoms with van der Waals surface area (Å²) in [5, 5.41) is 2.67. The predicted octanol–water partition coefficient (Wildman–Crippen LogP) is 1.54. The summed E-state index contributed by atoms with van der Waals surface area (Å²) in [6, 6.07) is 1.58. The van der Waals surface area contributed by atoms with Gasteiger partial charge in [0.25, 0.3) is 5.91 Å². The van der Waals surface area contributed by atoms with Crippen molar-refractivity contribution in [2.75, 3.05) is 18.1 Å². The maximum atomic E-state index is 11.5. The smallest absolute Gasteiger partial charge is 0.255 e. The molecule has 0 aliphatic carbocycles. The second kappa shape index (κ2) is 6.07. The summed E-state index contributed by atoms with van der Waals surface area (Å²) in [5.74, 6) is 0.881.